The highest BCUT2D eigenvalue weighted by Gasteiger charge is 2.13. The van der Waals surface area contributed by atoms with Gasteiger partial charge >= 0.3 is 0 Å². The summed E-state index contributed by atoms with van der Waals surface area (Å²) in [6.45, 7) is 3.98. The van der Waals surface area contributed by atoms with E-state index in [1.807, 2.05) is 31.6 Å². The first kappa shape index (κ1) is 11.3. The first-order chi connectivity index (χ1) is 7.56. The molecule has 16 heavy (non-hydrogen) atoms. The van der Waals surface area contributed by atoms with Gasteiger partial charge in [-0.15, -0.1) is 11.3 Å². The van der Waals surface area contributed by atoms with E-state index in [9.17, 15) is 0 Å². The Balaban J connectivity index is 2.14. The van der Waals surface area contributed by atoms with Gasteiger partial charge in [-0.2, -0.15) is 5.10 Å². The molecule has 0 amide bonds. The van der Waals surface area contributed by atoms with E-state index < -0.39 is 0 Å². The number of thiazole rings is 1. The molecule has 0 fully saturated rings. The molecule has 5 heteroatoms. The minimum atomic E-state index is -0.0345. The standard InChI is InChI=1S/C11H16N4S/c1-7-4-11(15(3)14-7)10(12)5-9-6-16-8(2)13-9/h4,6,10H,5,12H2,1-3H3. The van der Waals surface area contributed by atoms with Gasteiger partial charge in [0.1, 0.15) is 0 Å². The Bertz CT molecular complexity index is 486. The van der Waals surface area contributed by atoms with Gasteiger partial charge in [-0.05, 0) is 19.9 Å². The fourth-order valence-electron chi connectivity index (χ4n) is 1.81. The lowest BCUT2D eigenvalue weighted by Crippen LogP contribution is -2.17. The molecule has 2 aromatic heterocycles. The number of hydrogen-bond acceptors (Lipinski definition) is 4. The molecule has 86 valence electrons. The van der Waals surface area contributed by atoms with Crippen molar-refractivity contribution in [1.82, 2.24) is 14.8 Å². The highest BCUT2D eigenvalue weighted by Crippen LogP contribution is 2.17. The van der Waals surface area contributed by atoms with Crippen molar-refractivity contribution in [2.45, 2.75) is 26.3 Å². The fourth-order valence-corrected chi connectivity index (χ4v) is 2.44. The maximum atomic E-state index is 6.15. The second-order valence-electron chi connectivity index (χ2n) is 4.00. The van der Waals surface area contributed by atoms with Crippen LogP contribution in [0.5, 0.6) is 0 Å². The lowest BCUT2D eigenvalue weighted by molar-refractivity contribution is 0.610. The summed E-state index contributed by atoms with van der Waals surface area (Å²) in [4.78, 5) is 4.42. The third-order valence-corrected chi connectivity index (χ3v) is 3.34. The Morgan fingerprint density at radius 3 is 2.75 bits per heavy atom. The van der Waals surface area contributed by atoms with E-state index in [1.165, 1.54) is 0 Å². The smallest absolute Gasteiger partial charge is 0.0897 e. The average molecular weight is 236 g/mol. The molecule has 0 spiro atoms. The zero-order valence-corrected chi connectivity index (χ0v) is 10.6. The molecule has 0 saturated heterocycles. The van der Waals surface area contributed by atoms with Gasteiger partial charge in [-0.25, -0.2) is 4.98 Å². The Kier molecular flexibility index (Phi) is 3.07. The molecule has 0 aliphatic carbocycles. The summed E-state index contributed by atoms with van der Waals surface area (Å²) >= 11 is 1.66. The minimum Gasteiger partial charge on any atom is -0.322 e. The van der Waals surface area contributed by atoms with Gasteiger partial charge < -0.3 is 5.73 Å². The lowest BCUT2D eigenvalue weighted by Gasteiger charge is -2.09. The van der Waals surface area contributed by atoms with Gasteiger partial charge in [-0.1, -0.05) is 0 Å². The van der Waals surface area contributed by atoms with Crippen molar-refractivity contribution < 1.29 is 0 Å². The summed E-state index contributed by atoms with van der Waals surface area (Å²) in [5, 5.41) is 7.45. The molecule has 2 aromatic rings. The molecular weight excluding hydrogens is 220 g/mol. The maximum Gasteiger partial charge on any atom is 0.0897 e. The van der Waals surface area contributed by atoms with E-state index in [0.717, 1.165) is 28.5 Å². The van der Waals surface area contributed by atoms with Crippen LogP contribution in [0.3, 0.4) is 0 Å². The molecule has 0 aliphatic rings. The van der Waals surface area contributed by atoms with Gasteiger partial charge in [0.25, 0.3) is 0 Å². The van der Waals surface area contributed by atoms with Crippen molar-refractivity contribution in [2.75, 3.05) is 0 Å². The van der Waals surface area contributed by atoms with Crippen LogP contribution in [-0.4, -0.2) is 14.8 Å². The van der Waals surface area contributed by atoms with Gasteiger partial charge in [0, 0.05) is 18.8 Å². The average Bonchev–Trinajstić information content (AvgIpc) is 2.73. The molecular formula is C11H16N4S. The van der Waals surface area contributed by atoms with Gasteiger partial charge in [0.15, 0.2) is 0 Å². The van der Waals surface area contributed by atoms with Crippen molar-refractivity contribution in [3.8, 4) is 0 Å². The van der Waals surface area contributed by atoms with Crippen molar-refractivity contribution >= 4 is 11.3 Å². The fraction of sp³-hybridized carbons (Fsp3) is 0.455. The van der Waals surface area contributed by atoms with Crippen LogP contribution >= 0.6 is 11.3 Å². The molecule has 0 aromatic carbocycles. The zero-order valence-electron chi connectivity index (χ0n) is 9.77. The number of nitrogens with zero attached hydrogens (tertiary/aromatic N) is 3. The molecule has 2 rings (SSSR count). The number of aromatic nitrogens is 3. The van der Waals surface area contributed by atoms with E-state index in [0.29, 0.717) is 0 Å². The van der Waals surface area contributed by atoms with E-state index in [4.69, 9.17) is 5.73 Å². The summed E-state index contributed by atoms with van der Waals surface area (Å²) in [5.74, 6) is 0. The molecule has 0 aliphatic heterocycles. The summed E-state index contributed by atoms with van der Waals surface area (Å²) in [6, 6.07) is 2.00. The normalized spacial score (nSPS) is 13.0. The molecule has 0 bridgehead atoms. The van der Waals surface area contributed by atoms with Crippen LogP contribution < -0.4 is 5.73 Å². The quantitative estimate of drug-likeness (QED) is 0.883. The van der Waals surface area contributed by atoms with Crippen LogP contribution in [-0.2, 0) is 13.5 Å². The molecule has 1 atom stereocenters. The van der Waals surface area contributed by atoms with Crippen LogP contribution in [0.25, 0.3) is 0 Å². The van der Waals surface area contributed by atoms with E-state index in [1.54, 1.807) is 11.3 Å². The Hall–Kier alpha value is -1.20. The first-order valence-corrected chi connectivity index (χ1v) is 6.11. The number of hydrogen-bond donors (Lipinski definition) is 1. The predicted octanol–water partition coefficient (Wildman–Crippen LogP) is 1.74. The second-order valence-corrected chi connectivity index (χ2v) is 5.06. The Morgan fingerprint density at radius 1 is 1.50 bits per heavy atom. The van der Waals surface area contributed by atoms with E-state index in [-0.39, 0.29) is 6.04 Å². The van der Waals surface area contributed by atoms with E-state index in [2.05, 4.69) is 15.5 Å². The van der Waals surface area contributed by atoms with Crippen molar-refractivity contribution in [2.24, 2.45) is 12.8 Å². The van der Waals surface area contributed by atoms with Crippen LogP contribution in [0.2, 0.25) is 0 Å². The van der Waals surface area contributed by atoms with Gasteiger partial charge in [0.2, 0.25) is 0 Å². The SMILES string of the molecule is Cc1cc(C(N)Cc2csc(C)n2)n(C)n1. The topological polar surface area (TPSA) is 56.7 Å². The number of rotatable bonds is 3. The summed E-state index contributed by atoms with van der Waals surface area (Å²) in [7, 11) is 1.93. The van der Waals surface area contributed by atoms with Gasteiger partial charge in [-0.3, -0.25) is 4.68 Å². The molecule has 1 unspecified atom stereocenters. The largest absolute Gasteiger partial charge is 0.322 e. The number of nitrogens with two attached hydrogens (primary N) is 1. The Morgan fingerprint density at radius 2 is 2.25 bits per heavy atom. The zero-order chi connectivity index (χ0) is 11.7. The maximum absolute atomic E-state index is 6.15. The summed E-state index contributed by atoms with van der Waals surface area (Å²) in [5.41, 5.74) is 9.28. The second kappa shape index (κ2) is 4.35. The van der Waals surface area contributed by atoms with Crippen molar-refractivity contribution in [3.63, 3.8) is 0 Å². The lowest BCUT2D eigenvalue weighted by atomic mass is 10.1. The number of aryl methyl sites for hydroxylation is 3. The van der Waals surface area contributed by atoms with Crippen LogP contribution in [0.4, 0.5) is 0 Å². The summed E-state index contributed by atoms with van der Waals surface area (Å²) < 4.78 is 1.85. The van der Waals surface area contributed by atoms with Gasteiger partial charge in [0.05, 0.1) is 28.1 Å². The highest BCUT2D eigenvalue weighted by molar-refractivity contribution is 7.09. The minimum absolute atomic E-state index is 0.0345. The molecule has 2 heterocycles. The van der Waals surface area contributed by atoms with Crippen LogP contribution in [0, 0.1) is 13.8 Å². The predicted molar refractivity (Wildman–Crippen MR) is 65.4 cm³/mol. The molecule has 0 radical (unpaired) electrons. The third kappa shape index (κ3) is 2.31. The van der Waals surface area contributed by atoms with Crippen LogP contribution in [0.15, 0.2) is 11.4 Å². The monoisotopic (exact) mass is 236 g/mol. The first-order valence-electron chi connectivity index (χ1n) is 5.23. The molecule has 2 N–H and O–H groups in total. The highest BCUT2D eigenvalue weighted by atomic mass is 32.1. The van der Waals surface area contributed by atoms with E-state index >= 15 is 0 Å². The Labute approximate surface area is 99.1 Å². The van der Waals surface area contributed by atoms with Crippen LogP contribution in [0.1, 0.15) is 28.1 Å². The van der Waals surface area contributed by atoms with Crippen molar-refractivity contribution in [1.29, 1.82) is 0 Å². The molecule has 4 nitrogen and oxygen atoms in total. The molecule has 0 saturated carbocycles. The summed E-state index contributed by atoms with van der Waals surface area (Å²) in [6.07, 6.45) is 0.767. The third-order valence-electron chi connectivity index (χ3n) is 2.51. The van der Waals surface area contributed by atoms with Crippen molar-refractivity contribution in [3.05, 3.63) is 33.5 Å².